The van der Waals surface area contributed by atoms with Crippen LogP contribution < -0.4 is 5.32 Å². The van der Waals surface area contributed by atoms with E-state index in [4.69, 9.17) is 11.6 Å². The lowest BCUT2D eigenvalue weighted by Crippen LogP contribution is -2.18. The number of halogens is 2. The first kappa shape index (κ1) is 17.6. The molecule has 3 aromatic rings. The van der Waals surface area contributed by atoms with Gasteiger partial charge in [-0.3, -0.25) is 4.98 Å². The largest absolute Gasteiger partial charge is 0.311 e. The molecule has 0 fully saturated rings. The Morgan fingerprint density at radius 2 is 1.60 bits per heavy atom. The van der Waals surface area contributed by atoms with E-state index in [2.05, 4.69) is 10.3 Å². The van der Waals surface area contributed by atoms with Gasteiger partial charge in [-0.05, 0) is 60.5 Å². The first-order valence-electron chi connectivity index (χ1n) is 8.34. The zero-order chi connectivity index (χ0) is 17.5. The van der Waals surface area contributed by atoms with Gasteiger partial charge >= 0.3 is 0 Å². The summed E-state index contributed by atoms with van der Waals surface area (Å²) in [7, 11) is 0. The molecule has 0 saturated carbocycles. The second-order valence-corrected chi connectivity index (χ2v) is 6.38. The highest BCUT2D eigenvalue weighted by atomic mass is 35.5. The van der Waals surface area contributed by atoms with Crippen molar-refractivity contribution in [1.82, 2.24) is 10.3 Å². The van der Waals surface area contributed by atoms with Gasteiger partial charge in [-0.25, -0.2) is 4.39 Å². The number of nitrogens with zero attached hydrogens (tertiary/aromatic N) is 1. The van der Waals surface area contributed by atoms with Crippen LogP contribution in [0.2, 0.25) is 5.02 Å². The van der Waals surface area contributed by atoms with Crippen LogP contribution in [-0.2, 0) is 6.54 Å². The van der Waals surface area contributed by atoms with Crippen molar-refractivity contribution in [1.29, 1.82) is 0 Å². The predicted molar refractivity (Wildman–Crippen MR) is 100 cm³/mol. The molecular weight excluding hydrogens is 335 g/mol. The predicted octanol–water partition coefficient (Wildman–Crippen LogP) is 5.19. The number of benzene rings is 2. The molecular formula is C21H20ClFN2. The lowest BCUT2D eigenvalue weighted by molar-refractivity contribution is 0.601. The van der Waals surface area contributed by atoms with Crippen LogP contribution >= 0.6 is 11.6 Å². The minimum absolute atomic E-state index is 0.189. The number of nitrogens with one attached hydrogen (secondary N) is 1. The number of hydrogen-bond acceptors (Lipinski definition) is 2. The molecule has 0 radical (unpaired) electrons. The van der Waals surface area contributed by atoms with Crippen LogP contribution in [0.15, 0.2) is 72.9 Å². The fourth-order valence-corrected chi connectivity index (χ4v) is 3.01. The zero-order valence-electron chi connectivity index (χ0n) is 13.8. The summed E-state index contributed by atoms with van der Waals surface area (Å²) >= 11 is 6.01. The van der Waals surface area contributed by atoms with Gasteiger partial charge in [0.1, 0.15) is 5.82 Å². The van der Waals surface area contributed by atoms with Crippen LogP contribution in [0.3, 0.4) is 0 Å². The number of rotatable bonds is 7. The first-order valence-corrected chi connectivity index (χ1v) is 8.72. The Kier molecular flexibility index (Phi) is 6.15. The SMILES string of the molecule is Fc1ccc([C@H](CCNCc2ccccn2)c2ccc(Cl)cc2)cc1. The molecule has 0 amide bonds. The van der Waals surface area contributed by atoms with Crippen molar-refractivity contribution in [2.24, 2.45) is 0 Å². The molecule has 3 rings (SSSR count). The summed E-state index contributed by atoms with van der Waals surface area (Å²) in [6.07, 6.45) is 2.70. The fourth-order valence-electron chi connectivity index (χ4n) is 2.88. The summed E-state index contributed by atoms with van der Waals surface area (Å²) in [5.41, 5.74) is 3.30. The lowest BCUT2D eigenvalue weighted by atomic mass is 9.88. The first-order chi connectivity index (χ1) is 12.2. The molecule has 2 nitrogen and oxygen atoms in total. The molecule has 0 saturated heterocycles. The van der Waals surface area contributed by atoms with E-state index in [1.807, 2.05) is 54.6 Å². The molecule has 1 N–H and O–H groups in total. The maximum absolute atomic E-state index is 13.3. The van der Waals surface area contributed by atoms with Crippen LogP contribution in [0, 0.1) is 5.82 Å². The van der Waals surface area contributed by atoms with E-state index in [1.54, 1.807) is 6.20 Å². The van der Waals surface area contributed by atoms with Crippen molar-refractivity contribution < 1.29 is 4.39 Å². The zero-order valence-corrected chi connectivity index (χ0v) is 14.6. The van der Waals surface area contributed by atoms with Crippen molar-refractivity contribution in [3.05, 3.63) is 101 Å². The van der Waals surface area contributed by atoms with Gasteiger partial charge in [0.05, 0.1) is 5.69 Å². The number of hydrogen-bond donors (Lipinski definition) is 1. The van der Waals surface area contributed by atoms with Crippen LogP contribution in [0.1, 0.15) is 29.2 Å². The topological polar surface area (TPSA) is 24.9 Å². The van der Waals surface area contributed by atoms with Crippen LogP contribution in [0.5, 0.6) is 0 Å². The summed E-state index contributed by atoms with van der Waals surface area (Å²) < 4.78 is 13.3. The highest BCUT2D eigenvalue weighted by Crippen LogP contribution is 2.28. The van der Waals surface area contributed by atoms with Gasteiger partial charge in [0.15, 0.2) is 0 Å². The Bertz CT molecular complexity index is 728. The summed E-state index contributed by atoms with van der Waals surface area (Å²) in [6, 6.07) is 20.5. The molecule has 1 heterocycles. The van der Waals surface area contributed by atoms with E-state index >= 15 is 0 Å². The van der Waals surface area contributed by atoms with Crippen LogP contribution in [0.4, 0.5) is 4.39 Å². The molecule has 128 valence electrons. The molecule has 0 unspecified atom stereocenters. The van der Waals surface area contributed by atoms with Crippen molar-refractivity contribution in [2.75, 3.05) is 6.54 Å². The molecule has 1 atom stereocenters. The van der Waals surface area contributed by atoms with Gasteiger partial charge in [0.25, 0.3) is 0 Å². The number of aromatic nitrogens is 1. The molecule has 0 spiro atoms. The van der Waals surface area contributed by atoms with E-state index in [-0.39, 0.29) is 11.7 Å². The average molecular weight is 355 g/mol. The minimum atomic E-state index is -0.216. The van der Waals surface area contributed by atoms with E-state index in [1.165, 1.54) is 17.7 Å². The normalized spacial score (nSPS) is 12.1. The summed E-state index contributed by atoms with van der Waals surface area (Å²) in [6.45, 7) is 1.57. The Morgan fingerprint density at radius 3 is 2.24 bits per heavy atom. The van der Waals surface area contributed by atoms with Crippen LogP contribution in [-0.4, -0.2) is 11.5 Å². The van der Waals surface area contributed by atoms with Crippen molar-refractivity contribution in [3.63, 3.8) is 0 Å². The molecule has 2 aromatic carbocycles. The van der Waals surface area contributed by atoms with Gasteiger partial charge < -0.3 is 5.32 Å². The molecule has 0 aliphatic carbocycles. The summed E-state index contributed by atoms with van der Waals surface area (Å²) in [5.74, 6) is -0.0269. The van der Waals surface area contributed by atoms with Gasteiger partial charge in [0, 0.05) is 23.7 Å². The number of pyridine rings is 1. The van der Waals surface area contributed by atoms with E-state index < -0.39 is 0 Å². The second kappa shape index (κ2) is 8.75. The smallest absolute Gasteiger partial charge is 0.123 e. The second-order valence-electron chi connectivity index (χ2n) is 5.94. The Hall–Kier alpha value is -2.23. The van der Waals surface area contributed by atoms with Crippen molar-refractivity contribution >= 4 is 11.6 Å². The molecule has 25 heavy (non-hydrogen) atoms. The van der Waals surface area contributed by atoms with E-state index in [0.717, 1.165) is 35.8 Å². The van der Waals surface area contributed by atoms with Gasteiger partial charge in [-0.1, -0.05) is 41.9 Å². The van der Waals surface area contributed by atoms with E-state index in [0.29, 0.717) is 0 Å². The van der Waals surface area contributed by atoms with Gasteiger partial charge in [-0.15, -0.1) is 0 Å². The highest BCUT2D eigenvalue weighted by molar-refractivity contribution is 6.30. The molecule has 0 aliphatic rings. The third-order valence-electron chi connectivity index (χ3n) is 4.19. The maximum Gasteiger partial charge on any atom is 0.123 e. The van der Waals surface area contributed by atoms with Gasteiger partial charge in [-0.2, -0.15) is 0 Å². The summed E-state index contributed by atoms with van der Waals surface area (Å²) in [4.78, 5) is 4.31. The molecule has 0 bridgehead atoms. The summed E-state index contributed by atoms with van der Waals surface area (Å²) in [5, 5.41) is 4.15. The monoisotopic (exact) mass is 354 g/mol. The lowest BCUT2D eigenvalue weighted by Gasteiger charge is -2.18. The molecule has 1 aromatic heterocycles. The third kappa shape index (κ3) is 5.12. The molecule has 4 heteroatoms. The quantitative estimate of drug-likeness (QED) is 0.591. The molecule has 0 aliphatic heterocycles. The Balaban J connectivity index is 1.68. The third-order valence-corrected chi connectivity index (χ3v) is 4.44. The fraction of sp³-hybridized carbons (Fsp3) is 0.190. The van der Waals surface area contributed by atoms with Gasteiger partial charge in [0.2, 0.25) is 0 Å². The van der Waals surface area contributed by atoms with Crippen molar-refractivity contribution in [3.8, 4) is 0 Å². The standard InChI is InChI=1S/C21H20ClFN2/c22-18-8-4-16(5-9-18)21(17-6-10-19(23)11-7-17)12-14-24-15-20-3-1-2-13-25-20/h1-11,13,21,24H,12,14-15H2/t21-/m1/s1. The Labute approximate surface area is 152 Å². The highest BCUT2D eigenvalue weighted by Gasteiger charge is 2.14. The van der Waals surface area contributed by atoms with Crippen molar-refractivity contribution in [2.45, 2.75) is 18.9 Å². The van der Waals surface area contributed by atoms with Crippen LogP contribution in [0.25, 0.3) is 0 Å². The average Bonchev–Trinajstić information content (AvgIpc) is 2.65. The van der Waals surface area contributed by atoms with E-state index in [9.17, 15) is 4.39 Å². The minimum Gasteiger partial charge on any atom is -0.311 e. The Morgan fingerprint density at radius 1 is 0.920 bits per heavy atom. The maximum atomic E-state index is 13.3.